The molecule has 0 bridgehead atoms. The van der Waals surface area contributed by atoms with Crippen LogP contribution in [0.4, 0.5) is 0 Å². The Hall–Kier alpha value is -2.10. The molecule has 0 aliphatic heterocycles. The van der Waals surface area contributed by atoms with E-state index in [9.17, 15) is 4.79 Å². The van der Waals surface area contributed by atoms with E-state index in [1.165, 1.54) is 6.42 Å². The van der Waals surface area contributed by atoms with E-state index in [1.54, 1.807) is 6.20 Å². The second-order valence-corrected chi connectivity index (χ2v) is 5.13. The molecule has 0 radical (unpaired) electrons. The number of nitrogens with zero attached hydrogens (tertiary/aromatic N) is 1. The Morgan fingerprint density at radius 3 is 3.05 bits per heavy atom. The van der Waals surface area contributed by atoms with Gasteiger partial charge in [-0.05, 0) is 37.1 Å². The summed E-state index contributed by atoms with van der Waals surface area (Å²) in [5.74, 6) is 1.22. The zero-order valence-electron chi connectivity index (χ0n) is 11.3. The molecule has 1 saturated carbocycles. The van der Waals surface area contributed by atoms with Gasteiger partial charge in [-0.2, -0.15) is 0 Å². The lowest BCUT2D eigenvalue weighted by atomic mass is 9.85. The first-order valence-corrected chi connectivity index (χ1v) is 7.08. The minimum atomic E-state index is 0.169. The summed E-state index contributed by atoms with van der Waals surface area (Å²) in [6.07, 6.45) is 5.02. The normalized spacial score (nSPS) is 14.8. The average molecular weight is 270 g/mol. The number of carbonyl (C=O) groups excluding carboxylic acids is 1. The molecule has 1 aliphatic carbocycles. The van der Waals surface area contributed by atoms with Crippen LogP contribution in [0.25, 0.3) is 10.9 Å². The highest BCUT2D eigenvalue weighted by molar-refractivity contribution is 5.80. The monoisotopic (exact) mass is 270 g/mol. The summed E-state index contributed by atoms with van der Waals surface area (Å²) in [6, 6.07) is 9.73. The van der Waals surface area contributed by atoms with Crippen molar-refractivity contribution >= 4 is 16.8 Å². The molecule has 3 rings (SSSR count). The van der Waals surface area contributed by atoms with Gasteiger partial charge in [0.2, 0.25) is 5.91 Å². The average Bonchev–Trinajstić information content (AvgIpc) is 2.41. The maximum atomic E-state index is 11.6. The van der Waals surface area contributed by atoms with E-state index in [-0.39, 0.29) is 11.8 Å². The van der Waals surface area contributed by atoms with Gasteiger partial charge in [0.05, 0.1) is 12.1 Å². The van der Waals surface area contributed by atoms with Crippen LogP contribution in [0, 0.1) is 5.92 Å². The Kier molecular flexibility index (Phi) is 3.81. The Bertz CT molecular complexity index is 608. The highest BCUT2D eigenvalue weighted by Gasteiger charge is 2.24. The van der Waals surface area contributed by atoms with Crippen molar-refractivity contribution in [2.45, 2.75) is 19.3 Å². The number of hydrogen-bond donors (Lipinski definition) is 1. The molecule has 0 saturated heterocycles. The molecule has 0 unspecified atom stereocenters. The van der Waals surface area contributed by atoms with Crippen LogP contribution in [0.5, 0.6) is 5.75 Å². The number of rotatable bonds is 5. The third kappa shape index (κ3) is 2.90. The number of aromatic nitrogens is 1. The first-order valence-electron chi connectivity index (χ1n) is 7.08. The zero-order valence-corrected chi connectivity index (χ0v) is 11.3. The van der Waals surface area contributed by atoms with Crippen LogP contribution in [0.2, 0.25) is 0 Å². The summed E-state index contributed by atoms with van der Waals surface area (Å²) >= 11 is 0. The van der Waals surface area contributed by atoms with E-state index in [1.807, 2.05) is 30.3 Å². The topological polar surface area (TPSA) is 51.2 Å². The Morgan fingerprint density at radius 1 is 1.35 bits per heavy atom. The highest BCUT2D eigenvalue weighted by atomic mass is 16.5. The molecular formula is C16H18N2O2. The van der Waals surface area contributed by atoms with Gasteiger partial charge < -0.3 is 10.1 Å². The van der Waals surface area contributed by atoms with Crippen molar-refractivity contribution < 1.29 is 9.53 Å². The Morgan fingerprint density at radius 2 is 2.25 bits per heavy atom. The lowest BCUT2D eigenvalue weighted by Crippen LogP contribution is -2.36. The van der Waals surface area contributed by atoms with E-state index in [4.69, 9.17) is 4.74 Å². The van der Waals surface area contributed by atoms with Gasteiger partial charge in [-0.15, -0.1) is 0 Å². The lowest BCUT2D eigenvalue weighted by Gasteiger charge is -2.23. The minimum absolute atomic E-state index is 0.169. The van der Waals surface area contributed by atoms with Crippen LogP contribution in [0.3, 0.4) is 0 Å². The Labute approximate surface area is 118 Å². The molecule has 0 spiro atoms. The highest BCUT2D eigenvalue weighted by Crippen LogP contribution is 2.26. The second kappa shape index (κ2) is 5.90. The summed E-state index contributed by atoms with van der Waals surface area (Å²) in [7, 11) is 0. The standard InChI is InChI=1S/C16H18N2O2/c19-16(12-3-1-4-12)18-9-10-20-14-6-7-15-13(11-14)5-2-8-17-15/h2,5-8,11-12H,1,3-4,9-10H2,(H,18,19). The molecule has 1 aliphatic rings. The molecule has 2 aromatic rings. The van der Waals surface area contributed by atoms with Gasteiger partial charge in [-0.1, -0.05) is 12.5 Å². The summed E-state index contributed by atoms with van der Waals surface area (Å²) in [4.78, 5) is 15.9. The summed E-state index contributed by atoms with van der Waals surface area (Å²) in [5, 5.41) is 3.97. The molecule has 1 fully saturated rings. The lowest BCUT2D eigenvalue weighted by molar-refractivity contribution is -0.127. The number of fused-ring (bicyclic) bond motifs is 1. The first kappa shape index (κ1) is 12.9. The molecule has 20 heavy (non-hydrogen) atoms. The fraction of sp³-hybridized carbons (Fsp3) is 0.375. The van der Waals surface area contributed by atoms with Crippen molar-refractivity contribution in [2.75, 3.05) is 13.2 Å². The number of hydrogen-bond acceptors (Lipinski definition) is 3. The fourth-order valence-electron chi connectivity index (χ4n) is 2.30. The molecule has 0 atom stereocenters. The summed E-state index contributed by atoms with van der Waals surface area (Å²) < 4.78 is 5.65. The van der Waals surface area contributed by atoms with Crippen molar-refractivity contribution in [3.63, 3.8) is 0 Å². The maximum Gasteiger partial charge on any atom is 0.223 e. The molecular weight excluding hydrogens is 252 g/mol. The smallest absolute Gasteiger partial charge is 0.223 e. The quantitative estimate of drug-likeness (QED) is 0.849. The fourth-order valence-corrected chi connectivity index (χ4v) is 2.30. The van der Waals surface area contributed by atoms with Crippen LogP contribution in [-0.2, 0) is 4.79 Å². The number of ether oxygens (including phenoxy) is 1. The van der Waals surface area contributed by atoms with E-state index in [2.05, 4.69) is 10.3 Å². The number of nitrogens with one attached hydrogen (secondary N) is 1. The molecule has 4 nitrogen and oxygen atoms in total. The summed E-state index contributed by atoms with van der Waals surface area (Å²) in [6.45, 7) is 1.05. The van der Waals surface area contributed by atoms with Gasteiger partial charge in [0, 0.05) is 17.5 Å². The largest absolute Gasteiger partial charge is 0.492 e. The molecule has 1 amide bonds. The number of carbonyl (C=O) groups is 1. The molecule has 1 aromatic carbocycles. The third-order valence-corrected chi connectivity index (χ3v) is 3.72. The van der Waals surface area contributed by atoms with Crippen LogP contribution >= 0.6 is 0 Å². The van der Waals surface area contributed by atoms with Gasteiger partial charge in [0.15, 0.2) is 0 Å². The van der Waals surface area contributed by atoms with E-state index >= 15 is 0 Å². The van der Waals surface area contributed by atoms with Crippen molar-refractivity contribution in [3.05, 3.63) is 36.5 Å². The number of benzene rings is 1. The summed E-state index contributed by atoms with van der Waals surface area (Å²) in [5.41, 5.74) is 0.957. The van der Waals surface area contributed by atoms with Crippen molar-refractivity contribution in [2.24, 2.45) is 5.92 Å². The van der Waals surface area contributed by atoms with Crippen molar-refractivity contribution in [1.29, 1.82) is 0 Å². The van der Waals surface area contributed by atoms with Gasteiger partial charge in [-0.25, -0.2) is 0 Å². The minimum Gasteiger partial charge on any atom is -0.492 e. The number of pyridine rings is 1. The molecule has 1 heterocycles. The van der Waals surface area contributed by atoms with Crippen LogP contribution in [-0.4, -0.2) is 24.0 Å². The maximum absolute atomic E-state index is 11.6. The van der Waals surface area contributed by atoms with Gasteiger partial charge in [-0.3, -0.25) is 9.78 Å². The van der Waals surface area contributed by atoms with Crippen LogP contribution in [0.15, 0.2) is 36.5 Å². The van der Waals surface area contributed by atoms with Gasteiger partial charge in [0.1, 0.15) is 12.4 Å². The van der Waals surface area contributed by atoms with Crippen LogP contribution in [0.1, 0.15) is 19.3 Å². The second-order valence-electron chi connectivity index (χ2n) is 5.13. The first-order chi connectivity index (χ1) is 9.83. The van der Waals surface area contributed by atoms with E-state index in [0.717, 1.165) is 29.5 Å². The molecule has 4 heteroatoms. The van der Waals surface area contributed by atoms with Crippen molar-refractivity contribution in [1.82, 2.24) is 10.3 Å². The van der Waals surface area contributed by atoms with Crippen molar-refractivity contribution in [3.8, 4) is 5.75 Å². The molecule has 104 valence electrons. The molecule has 1 N–H and O–H groups in total. The predicted octanol–water partition coefficient (Wildman–Crippen LogP) is 2.53. The van der Waals surface area contributed by atoms with E-state index in [0.29, 0.717) is 13.2 Å². The van der Waals surface area contributed by atoms with Crippen LogP contribution < -0.4 is 10.1 Å². The number of amides is 1. The Balaban J connectivity index is 1.48. The van der Waals surface area contributed by atoms with Gasteiger partial charge >= 0.3 is 0 Å². The third-order valence-electron chi connectivity index (χ3n) is 3.72. The molecule has 1 aromatic heterocycles. The predicted molar refractivity (Wildman–Crippen MR) is 77.6 cm³/mol. The SMILES string of the molecule is O=C(NCCOc1ccc2ncccc2c1)C1CCC1. The zero-order chi connectivity index (χ0) is 13.8. The van der Waals surface area contributed by atoms with Gasteiger partial charge in [0.25, 0.3) is 0 Å². The van der Waals surface area contributed by atoms with E-state index < -0.39 is 0 Å².